The van der Waals surface area contributed by atoms with Gasteiger partial charge in [-0.05, 0) is 32.4 Å². The quantitative estimate of drug-likeness (QED) is 0.905. The first kappa shape index (κ1) is 18.0. The van der Waals surface area contributed by atoms with Gasteiger partial charge in [0.25, 0.3) is 5.91 Å². The van der Waals surface area contributed by atoms with Crippen LogP contribution in [0, 0.1) is 5.41 Å². The van der Waals surface area contributed by atoms with Gasteiger partial charge in [-0.25, -0.2) is 4.98 Å². The van der Waals surface area contributed by atoms with Gasteiger partial charge in [-0.2, -0.15) is 13.2 Å². The molecule has 2 rings (SSSR count). The lowest BCUT2D eigenvalue weighted by Gasteiger charge is -2.27. The SMILES string of the molecule is CC(C)Oc1cccnc1C(=O)N1CCC(C(=O)O)(C(F)(F)F)C1. The van der Waals surface area contributed by atoms with E-state index in [1.54, 1.807) is 13.8 Å². The molecular formula is C15H17F3N2O4. The van der Waals surface area contributed by atoms with E-state index in [-0.39, 0.29) is 24.1 Å². The van der Waals surface area contributed by atoms with Crippen molar-refractivity contribution in [3.05, 3.63) is 24.0 Å². The molecule has 6 nitrogen and oxygen atoms in total. The van der Waals surface area contributed by atoms with Crippen LogP contribution in [-0.2, 0) is 4.79 Å². The maximum atomic E-state index is 13.2. The molecule has 0 bridgehead atoms. The second-order valence-corrected chi connectivity index (χ2v) is 5.88. The van der Waals surface area contributed by atoms with E-state index in [2.05, 4.69) is 4.98 Å². The minimum absolute atomic E-state index is 0.130. The molecule has 9 heteroatoms. The van der Waals surface area contributed by atoms with E-state index in [1.807, 2.05) is 0 Å². The largest absolute Gasteiger partial charge is 0.489 e. The van der Waals surface area contributed by atoms with Gasteiger partial charge in [0, 0.05) is 19.3 Å². The van der Waals surface area contributed by atoms with Crippen molar-refractivity contribution < 1.29 is 32.6 Å². The Morgan fingerprint density at radius 3 is 2.58 bits per heavy atom. The number of carboxylic acid groups (broad SMARTS) is 1. The van der Waals surface area contributed by atoms with E-state index in [0.717, 1.165) is 4.90 Å². The molecule has 0 saturated carbocycles. The first-order chi connectivity index (χ1) is 11.1. The summed E-state index contributed by atoms with van der Waals surface area (Å²) < 4.78 is 45.0. The maximum Gasteiger partial charge on any atom is 0.406 e. The first-order valence-electron chi connectivity index (χ1n) is 7.29. The van der Waals surface area contributed by atoms with Gasteiger partial charge in [-0.1, -0.05) is 0 Å². The van der Waals surface area contributed by atoms with Crippen molar-refractivity contribution in [2.75, 3.05) is 13.1 Å². The first-order valence-corrected chi connectivity index (χ1v) is 7.29. The number of alkyl halides is 3. The average Bonchev–Trinajstić information content (AvgIpc) is 2.93. The Morgan fingerprint density at radius 1 is 1.42 bits per heavy atom. The number of aromatic nitrogens is 1. The van der Waals surface area contributed by atoms with Crippen molar-refractivity contribution in [2.24, 2.45) is 5.41 Å². The summed E-state index contributed by atoms with van der Waals surface area (Å²) in [4.78, 5) is 28.4. The molecule has 132 valence electrons. The molecule has 1 fully saturated rings. The van der Waals surface area contributed by atoms with Gasteiger partial charge in [0.05, 0.1) is 6.10 Å². The average molecular weight is 346 g/mol. The van der Waals surface area contributed by atoms with Crippen LogP contribution in [0.5, 0.6) is 5.75 Å². The third-order valence-electron chi connectivity index (χ3n) is 3.84. The molecule has 1 unspecified atom stereocenters. The van der Waals surface area contributed by atoms with Gasteiger partial charge in [0.2, 0.25) is 0 Å². The Balaban J connectivity index is 2.29. The normalized spacial score (nSPS) is 21.2. The van der Waals surface area contributed by atoms with Crippen molar-refractivity contribution in [2.45, 2.75) is 32.5 Å². The number of rotatable bonds is 4. The van der Waals surface area contributed by atoms with E-state index in [0.29, 0.717) is 0 Å². The molecule has 2 heterocycles. The molecule has 1 N–H and O–H groups in total. The number of nitrogens with zero attached hydrogens (tertiary/aromatic N) is 2. The van der Waals surface area contributed by atoms with Crippen LogP contribution in [0.1, 0.15) is 30.8 Å². The van der Waals surface area contributed by atoms with Crippen molar-refractivity contribution in [1.29, 1.82) is 0 Å². The summed E-state index contributed by atoms with van der Waals surface area (Å²) in [5, 5.41) is 9.04. The Bertz CT molecular complexity index is 648. The van der Waals surface area contributed by atoms with Gasteiger partial charge in [-0.15, -0.1) is 0 Å². The van der Waals surface area contributed by atoms with Crippen LogP contribution in [0.3, 0.4) is 0 Å². The summed E-state index contributed by atoms with van der Waals surface area (Å²) in [6, 6.07) is 3.03. The van der Waals surface area contributed by atoms with E-state index in [9.17, 15) is 22.8 Å². The van der Waals surface area contributed by atoms with E-state index in [1.165, 1.54) is 18.3 Å². The van der Waals surface area contributed by atoms with Gasteiger partial charge in [0.15, 0.2) is 16.9 Å². The maximum absolute atomic E-state index is 13.2. The Kier molecular flexibility index (Phi) is 4.73. The number of ether oxygens (including phenoxy) is 1. The molecule has 0 radical (unpaired) electrons. The molecule has 1 aromatic heterocycles. The highest BCUT2D eigenvalue weighted by Gasteiger charge is 2.64. The van der Waals surface area contributed by atoms with Crippen molar-refractivity contribution >= 4 is 11.9 Å². The molecule has 1 atom stereocenters. The number of pyridine rings is 1. The number of hydrogen-bond acceptors (Lipinski definition) is 4. The molecule has 1 amide bonds. The fourth-order valence-corrected chi connectivity index (χ4v) is 2.56. The molecule has 0 spiro atoms. The summed E-state index contributed by atoms with van der Waals surface area (Å²) in [5.74, 6) is -2.61. The molecule has 1 aromatic rings. The molecule has 0 aromatic carbocycles. The van der Waals surface area contributed by atoms with Crippen LogP contribution in [-0.4, -0.2) is 52.2 Å². The van der Waals surface area contributed by atoms with Crippen molar-refractivity contribution in [1.82, 2.24) is 9.88 Å². The summed E-state index contributed by atoms with van der Waals surface area (Å²) in [5.41, 5.74) is -3.08. The number of aliphatic carboxylic acids is 1. The molecule has 0 aliphatic carbocycles. The fourth-order valence-electron chi connectivity index (χ4n) is 2.56. The van der Waals surface area contributed by atoms with Gasteiger partial charge < -0.3 is 14.7 Å². The fraction of sp³-hybridized carbons (Fsp3) is 0.533. The zero-order chi connectivity index (χ0) is 18.1. The number of likely N-dealkylation sites (tertiary alicyclic amines) is 1. The minimum atomic E-state index is -4.95. The van der Waals surface area contributed by atoms with Crippen LogP contribution >= 0.6 is 0 Å². The third-order valence-corrected chi connectivity index (χ3v) is 3.84. The predicted molar refractivity (Wildman–Crippen MR) is 76.6 cm³/mol. The zero-order valence-electron chi connectivity index (χ0n) is 13.1. The van der Waals surface area contributed by atoms with E-state index < -0.39 is 36.4 Å². The number of carboxylic acids is 1. The molecule has 24 heavy (non-hydrogen) atoms. The van der Waals surface area contributed by atoms with Crippen molar-refractivity contribution in [3.8, 4) is 5.75 Å². The molecule has 1 saturated heterocycles. The lowest BCUT2D eigenvalue weighted by molar-refractivity contribution is -0.227. The standard InChI is InChI=1S/C15H17F3N2O4/c1-9(2)24-10-4-3-6-19-11(10)12(21)20-7-5-14(8-20,13(22)23)15(16,17)18/h3-4,6,9H,5,7-8H2,1-2H3,(H,22,23). The number of halogens is 3. The van der Waals surface area contributed by atoms with Crippen molar-refractivity contribution in [3.63, 3.8) is 0 Å². The van der Waals surface area contributed by atoms with Crippen LogP contribution < -0.4 is 4.74 Å². The molecular weight excluding hydrogens is 329 g/mol. The van der Waals surface area contributed by atoms with Gasteiger partial charge in [0.1, 0.15) is 0 Å². The highest BCUT2D eigenvalue weighted by molar-refractivity contribution is 5.95. The molecule has 1 aliphatic rings. The van der Waals surface area contributed by atoms with Gasteiger partial charge in [-0.3, -0.25) is 9.59 Å². The summed E-state index contributed by atoms with van der Waals surface area (Å²) in [6.07, 6.45) is -4.57. The third kappa shape index (κ3) is 3.15. The van der Waals surface area contributed by atoms with Crippen LogP contribution in [0.2, 0.25) is 0 Å². The van der Waals surface area contributed by atoms with E-state index in [4.69, 9.17) is 9.84 Å². The smallest absolute Gasteiger partial charge is 0.406 e. The topological polar surface area (TPSA) is 79.7 Å². The predicted octanol–water partition coefficient (Wildman–Crippen LogP) is 2.35. The Morgan fingerprint density at radius 2 is 2.08 bits per heavy atom. The van der Waals surface area contributed by atoms with Gasteiger partial charge >= 0.3 is 12.1 Å². The highest BCUT2D eigenvalue weighted by atomic mass is 19.4. The number of hydrogen-bond donors (Lipinski definition) is 1. The summed E-state index contributed by atoms with van der Waals surface area (Å²) in [7, 11) is 0. The van der Waals surface area contributed by atoms with Crippen LogP contribution in [0.15, 0.2) is 18.3 Å². The van der Waals surface area contributed by atoms with E-state index >= 15 is 0 Å². The second kappa shape index (κ2) is 6.29. The lowest BCUT2D eigenvalue weighted by Crippen LogP contribution is -2.47. The second-order valence-electron chi connectivity index (χ2n) is 5.88. The lowest BCUT2D eigenvalue weighted by atomic mass is 9.86. The number of carbonyl (C=O) groups is 2. The number of carbonyl (C=O) groups excluding carboxylic acids is 1. The minimum Gasteiger partial charge on any atom is -0.489 e. The Hall–Kier alpha value is -2.32. The summed E-state index contributed by atoms with van der Waals surface area (Å²) >= 11 is 0. The van der Waals surface area contributed by atoms with Crippen LogP contribution in [0.25, 0.3) is 0 Å². The molecule has 1 aliphatic heterocycles. The van der Waals surface area contributed by atoms with Crippen LogP contribution in [0.4, 0.5) is 13.2 Å². The summed E-state index contributed by atoms with van der Waals surface area (Å²) in [6.45, 7) is 2.21. The highest BCUT2D eigenvalue weighted by Crippen LogP contribution is 2.46. The monoisotopic (exact) mass is 346 g/mol. The Labute approximate surface area is 136 Å². The number of amides is 1. The zero-order valence-corrected chi connectivity index (χ0v) is 13.1.